The fourth-order valence-corrected chi connectivity index (χ4v) is 1.76. The van der Waals surface area contributed by atoms with Crippen LogP contribution in [0.15, 0.2) is 12.4 Å². The normalized spacial score (nSPS) is 12.6. The first-order valence-corrected chi connectivity index (χ1v) is 6.15. The molecule has 0 saturated heterocycles. The predicted octanol–water partition coefficient (Wildman–Crippen LogP) is 1.29. The van der Waals surface area contributed by atoms with Crippen LogP contribution in [0.1, 0.15) is 32.5 Å². The second-order valence-corrected chi connectivity index (χ2v) is 4.02. The summed E-state index contributed by atoms with van der Waals surface area (Å²) in [5.74, 6) is 0.223. The Bertz CT molecular complexity index is 349. The van der Waals surface area contributed by atoms with Gasteiger partial charge in [-0.15, -0.1) is 0 Å². The number of hydrogen-bond donors (Lipinski definition) is 2. The number of nitrogens with zero attached hydrogens (tertiary/aromatic N) is 2. The van der Waals surface area contributed by atoms with Gasteiger partial charge in [-0.2, -0.15) is 0 Å². The van der Waals surface area contributed by atoms with Gasteiger partial charge < -0.3 is 15.0 Å². The third-order valence-corrected chi connectivity index (χ3v) is 2.72. The number of carboxylic acid groups (broad SMARTS) is 1. The third-order valence-electron chi connectivity index (χ3n) is 2.72. The summed E-state index contributed by atoms with van der Waals surface area (Å²) in [7, 11) is 0. The highest BCUT2D eigenvalue weighted by Gasteiger charge is 2.16. The molecule has 2 N–H and O–H groups in total. The maximum Gasteiger partial charge on any atom is 0.320 e. The molecule has 1 atom stereocenters. The highest BCUT2D eigenvalue weighted by atomic mass is 16.4. The summed E-state index contributed by atoms with van der Waals surface area (Å²) in [5, 5.41) is 12.1. The summed E-state index contributed by atoms with van der Waals surface area (Å²) in [6.45, 7) is 5.50. The largest absolute Gasteiger partial charge is 0.480 e. The molecule has 0 radical (unpaired) electrons. The van der Waals surface area contributed by atoms with E-state index in [0.717, 1.165) is 25.2 Å². The molecule has 5 nitrogen and oxygen atoms in total. The van der Waals surface area contributed by atoms with Gasteiger partial charge >= 0.3 is 5.97 Å². The van der Waals surface area contributed by atoms with E-state index < -0.39 is 12.0 Å². The molecule has 0 spiro atoms. The number of rotatable bonds is 8. The van der Waals surface area contributed by atoms with E-state index in [4.69, 9.17) is 5.11 Å². The molecule has 0 bridgehead atoms. The van der Waals surface area contributed by atoms with Crippen LogP contribution >= 0.6 is 0 Å². The van der Waals surface area contributed by atoms with Gasteiger partial charge in [-0.1, -0.05) is 13.8 Å². The Hall–Kier alpha value is -1.36. The Labute approximate surface area is 102 Å². The highest BCUT2D eigenvalue weighted by Crippen LogP contribution is 2.03. The first kappa shape index (κ1) is 13.7. The van der Waals surface area contributed by atoms with Crippen molar-refractivity contribution in [3.8, 4) is 0 Å². The molecule has 1 aromatic heterocycles. The number of imidazole rings is 1. The van der Waals surface area contributed by atoms with Crippen LogP contribution in [0.25, 0.3) is 0 Å². The van der Waals surface area contributed by atoms with E-state index in [9.17, 15) is 4.79 Å². The quantitative estimate of drug-likeness (QED) is 0.717. The molecule has 96 valence electrons. The fourth-order valence-electron chi connectivity index (χ4n) is 1.76. The van der Waals surface area contributed by atoms with Crippen molar-refractivity contribution >= 4 is 5.97 Å². The summed E-state index contributed by atoms with van der Waals surface area (Å²) in [4.78, 5) is 15.2. The van der Waals surface area contributed by atoms with Crippen molar-refractivity contribution in [2.24, 2.45) is 0 Å². The number of aromatic nitrogens is 2. The van der Waals surface area contributed by atoms with Gasteiger partial charge in [0, 0.05) is 25.4 Å². The summed E-state index contributed by atoms with van der Waals surface area (Å²) in [6.07, 6.45) is 6.05. The Kier molecular flexibility index (Phi) is 5.69. The van der Waals surface area contributed by atoms with Crippen LogP contribution in [-0.2, 0) is 17.8 Å². The molecular formula is C12H21N3O2. The first-order chi connectivity index (χ1) is 8.19. The standard InChI is InChI=1S/C12H21N3O2/c1-3-6-13-10(12(16)17)5-8-15-9-7-14-11(15)4-2/h7,9-10,13H,3-6,8H2,1-2H3,(H,16,17). The SMILES string of the molecule is CCCNC(CCn1ccnc1CC)C(=O)O. The van der Waals surface area contributed by atoms with Crippen LogP contribution in [0.4, 0.5) is 0 Å². The highest BCUT2D eigenvalue weighted by molar-refractivity contribution is 5.73. The van der Waals surface area contributed by atoms with Gasteiger partial charge in [-0.25, -0.2) is 4.98 Å². The minimum Gasteiger partial charge on any atom is -0.480 e. The number of hydrogen-bond acceptors (Lipinski definition) is 3. The molecule has 5 heteroatoms. The summed E-state index contributed by atoms with van der Waals surface area (Å²) in [5.41, 5.74) is 0. The van der Waals surface area contributed by atoms with E-state index in [-0.39, 0.29) is 0 Å². The molecule has 0 aliphatic carbocycles. The second-order valence-electron chi connectivity index (χ2n) is 4.02. The Balaban J connectivity index is 2.48. The lowest BCUT2D eigenvalue weighted by atomic mass is 10.2. The summed E-state index contributed by atoms with van der Waals surface area (Å²) < 4.78 is 2.02. The molecule has 0 fully saturated rings. The second kappa shape index (κ2) is 7.06. The Morgan fingerprint density at radius 2 is 2.35 bits per heavy atom. The van der Waals surface area contributed by atoms with Gasteiger partial charge in [0.25, 0.3) is 0 Å². The van der Waals surface area contributed by atoms with Crippen molar-refractivity contribution in [3.63, 3.8) is 0 Å². The van der Waals surface area contributed by atoms with E-state index >= 15 is 0 Å². The number of nitrogens with one attached hydrogen (secondary N) is 1. The van der Waals surface area contributed by atoms with Gasteiger partial charge in [-0.3, -0.25) is 4.79 Å². The van der Waals surface area contributed by atoms with E-state index in [2.05, 4.69) is 10.3 Å². The van der Waals surface area contributed by atoms with Gasteiger partial charge in [0.15, 0.2) is 0 Å². The van der Waals surface area contributed by atoms with Crippen molar-refractivity contribution in [3.05, 3.63) is 18.2 Å². The zero-order valence-electron chi connectivity index (χ0n) is 10.5. The summed E-state index contributed by atoms with van der Waals surface area (Å²) >= 11 is 0. The molecule has 0 saturated carbocycles. The lowest BCUT2D eigenvalue weighted by Crippen LogP contribution is -2.38. The van der Waals surface area contributed by atoms with Crippen LogP contribution in [0.3, 0.4) is 0 Å². The number of carboxylic acids is 1. The lowest BCUT2D eigenvalue weighted by Gasteiger charge is -2.14. The van der Waals surface area contributed by atoms with Crippen molar-refractivity contribution in [1.82, 2.24) is 14.9 Å². The zero-order chi connectivity index (χ0) is 12.7. The van der Waals surface area contributed by atoms with Crippen LogP contribution in [0.2, 0.25) is 0 Å². The van der Waals surface area contributed by atoms with E-state index in [0.29, 0.717) is 13.0 Å². The lowest BCUT2D eigenvalue weighted by molar-refractivity contribution is -0.139. The number of carbonyl (C=O) groups is 1. The summed E-state index contributed by atoms with van der Waals surface area (Å²) in [6, 6.07) is -0.470. The van der Waals surface area contributed by atoms with E-state index in [1.807, 2.05) is 24.6 Å². The Morgan fingerprint density at radius 3 is 2.94 bits per heavy atom. The molecule has 0 amide bonds. The molecule has 0 aliphatic rings. The van der Waals surface area contributed by atoms with Crippen molar-refractivity contribution in [2.45, 2.75) is 45.7 Å². The van der Waals surface area contributed by atoms with Crippen LogP contribution < -0.4 is 5.32 Å². The minimum atomic E-state index is -0.781. The minimum absolute atomic E-state index is 0.470. The number of aryl methyl sites for hydroxylation is 2. The molecule has 1 rings (SSSR count). The molecule has 0 aromatic carbocycles. The third kappa shape index (κ3) is 4.19. The van der Waals surface area contributed by atoms with Crippen molar-refractivity contribution in [2.75, 3.05) is 6.54 Å². The molecule has 17 heavy (non-hydrogen) atoms. The van der Waals surface area contributed by atoms with E-state index in [1.54, 1.807) is 6.20 Å². The maximum absolute atomic E-state index is 11.0. The van der Waals surface area contributed by atoms with E-state index in [1.165, 1.54) is 0 Å². The molecule has 1 heterocycles. The van der Waals surface area contributed by atoms with Gasteiger partial charge in [-0.05, 0) is 19.4 Å². The molecule has 1 aromatic rings. The topological polar surface area (TPSA) is 67.2 Å². The molecule has 1 unspecified atom stereocenters. The van der Waals surface area contributed by atoms with Crippen LogP contribution in [0, 0.1) is 0 Å². The van der Waals surface area contributed by atoms with Crippen LogP contribution in [-0.4, -0.2) is 33.2 Å². The average Bonchev–Trinajstić information content (AvgIpc) is 2.76. The number of aliphatic carboxylic acids is 1. The van der Waals surface area contributed by atoms with Crippen LogP contribution in [0.5, 0.6) is 0 Å². The van der Waals surface area contributed by atoms with Crippen molar-refractivity contribution < 1.29 is 9.90 Å². The smallest absolute Gasteiger partial charge is 0.320 e. The molecule has 0 aliphatic heterocycles. The molecular weight excluding hydrogens is 218 g/mol. The van der Waals surface area contributed by atoms with Gasteiger partial charge in [0.1, 0.15) is 11.9 Å². The van der Waals surface area contributed by atoms with Crippen molar-refractivity contribution in [1.29, 1.82) is 0 Å². The Morgan fingerprint density at radius 1 is 1.59 bits per heavy atom. The maximum atomic E-state index is 11.0. The van der Waals surface area contributed by atoms with Gasteiger partial charge in [0.2, 0.25) is 0 Å². The van der Waals surface area contributed by atoms with Gasteiger partial charge in [0.05, 0.1) is 0 Å². The monoisotopic (exact) mass is 239 g/mol. The first-order valence-electron chi connectivity index (χ1n) is 6.15. The zero-order valence-corrected chi connectivity index (χ0v) is 10.5. The fraction of sp³-hybridized carbons (Fsp3) is 0.667. The predicted molar refractivity (Wildman–Crippen MR) is 65.9 cm³/mol. The average molecular weight is 239 g/mol.